The van der Waals surface area contributed by atoms with E-state index in [1.165, 1.54) is 11.3 Å². The van der Waals surface area contributed by atoms with Gasteiger partial charge in [-0.2, -0.15) is 0 Å². The molecule has 3 nitrogen and oxygen atoms in total. The van der Waals surface area contributed by atoms with Crippen molar-refractivity contribution in [2.24, 2.45) is 5.92 Å². The molecule has 1 heterocycles. The first-order chi connectivity index (χ1) is 8.44. The molecule has 0 aromatic heterocycles. The number of fused-ring (bicyclic) bond motifs is 1. The first kappa shape index (κ1) is 12.9. The Bertz CT molecular complexity index is 434. The van der Waals surface area contributed by atoms with E-state index in [-0.39, 0.29) is 5.97 Å². The molecule has 0 amide bonds. The van der Waals surface area contributed by atoms with Gasteiger partial charge in [0.05, 0.1) is 6.42 Å². The van der Waals surface area contributed by atoms with Crippen LogP contribution in [-0.2, 0) is 16.0 Å². The Morgan fingerprint density at radius 3 is 2.83 bits per heavy atom. The lowest BCUT2D eigenvalue weighted by molar-refractivity contribution is -0.155. The highest BCUT2D eigenvalue weighted by Crippen LogP contribution is 2.26. The molecule has 0 fully saturated rings. The van der Waals surface area contributed by atoms with Gasteiger partial charge in [-0.1, -0.05) is 18.2 Å². The van der Waals surface area contributed by atoms with Gasteiger partial charge in [0.1, 0.15) is 5.60 Å². The Morgan fingerprint density at radius 2 is 2.11 bits per heavy atom. The van der Waals surface area contributed by atoms with E-state index in [4.69, 9.17) is 4.74 Å². The Balaban J connectivity index is 1.92. The fraction of sp³-hybridized carbons (Fsp3) is 0.533. The third-order valence-electron chi connectivity index (χ3n) is 2.98. The van der Waals surface area contributed by atoms with Gasteiger partial charge < -0.3 is 10.1 Å². The van der Waals surface area contributed by atoms with Gasteiger partial charge in [-0.25, -0.2) is 0 Å². The predicted molar refractivity (Wildman–Crippen MR) is 72.6 cm³/mol. The summed E-state index contributed by atoms with van der Waals surface area (Å²) >= 11 is 0. The zero-order valence-corrected chi connectivity index (χ0v) is 11.3. The largest absolute Gasteiger partial charge is 0.460 e. The van der Waals surface area contributed by atoms with Crippen LogP contribution in [0.5, 0.6) is 0 Å². The van der Waals surface area contributed by atoms with E-state index in [2.05, 4.69) is 17.4 Å². The molecule has 1 aromatic carbocycles. The molecule has 1 aromatic rings. The molecule has 1 atom stereocenters. The molecule has 3 heteroatoms. The van der Waals surface area contributed by atoms with Crippen molar-refractivity contribution in [3.05, 3.63) is 29.8 Å². The smallest absolute Gasteiger partial charge is 0.306 e. The maximum absolute atomic E-state index is 11.8. The van der Waals surface area contributed by atoms with Crippen molar-refractivity contribution in [2.75, 3.05) is 11.9 Å². The molecular formula is C15H21NO2. The fourth-order valence-corrected chi connectivity index (χ4v) is 2.27. The molecule has 0 saturated carbocycles. The summed E-state index contributed by atoms with van der Waals surface area (Å²) in [6.07, 6.45) is 1.43. The molecular weight excluding hydrogens is 226 g/mol. The minimum absolute atomic E-state index is 0.103. The first-order valence-electron chi connectivity index (χ1n) is 6.48. The minimum atomic E-state index is -0.392. The van der Waals surface area contributed by atoms with E-state index in [1.807, 2.05) is 32.9 Å². The number of carbonyl (C=O) groups excluding carboxylic acids is 1. The van der Waals surface area contributed by atoms with E-state index >= 15 is 0 Å². The molecule has 18 heavy (non-hydrogen) atoms. The van der Waals surface area contributed by atoms with Crippen molar-refractivity contribution < 1.29 is 9.53 Å². The molecule has 1 N–H and O–H groups in total. The number of benzene rings is 1. The summed E-state index contributed by atoms with van der Waals surface area (Å²) in [5, 5.41) is 3.37. The Hall–Kier alpha value is -1.51. The molecule has 1 aliphatic heterocycles. The van der Waals surface area contributed by atoms with Crippen molar-refractivity contribution in [3.8, 4) is 0 Å². The van der Waals surface area contributed by atoms with Crippen LogP contribution in [-0.4, -0.2) is 18.1 Å². The Morgan fingerprint density at radius 1 is 1.39 bits per heavy atom. The zero-order chi connectivity index (χ0) is 13.2. The van der Waals surface area contributed by atoms with Crippen molar-refractivity contribution in [1.29, 1.82) is 0 Å². The molecule has 2 rings (SSSR count). The maximum Gasteiger partial charge on any atom is 0.306 e. The molecule has 0 spiro atoms. The highest BCUT2D eigenvalue weighted by atomic mass is 16.6. The van der Waals surface area contributed by atoms with Crippen LogP contribution in [0.1, 0.15) is 32.8 Å². The average Bonchev–Trinajstić information content (AvgIpc) is 2.26. The lowest BCUT2D eigenvalue weighted by Gasteiger charge is -2.27. The minimum Gasteiger partial charge on any atom is -0.460 e. The van der Waals surface area contributed by atoms with Crippen LogP contribution in [0.25, 0.3) is 0 Å². The predicted octanol–water partition coefficient (Wildman–Crippen LogP) is 3.00. The van der Waals surface area contributed by atoms with Gasteiger partial charge in [0, 0.05) is 12.2 Å². The van der Waals surface area contributed by atoms with Crippen molar-refractivity contribution in [3.63, 3.8) is 0 Å². The number of rotatable bonds is 2. The van der Waals surface area contributed by atoms with E-state index in [9.17, 15) is 4.79 Å². The van der Waals surface area contributed by atoms with Gasteiger partial charge in [-0.05, 0) is 44.7 Å². The second-order valence-corrected chi connectivity index (χ2v) is 5.90. The van der Waals surface area contributed by atoms with Gasteiger partial charge in [0.15, 0.2) is 0 Å². The zero-order valence-electron chi connectivity index (χ0n) is 11.3. The number of anilines is 1. The summed E-state index contributed by atoms with van der Waals surface area (Å²) in [6.45, 7) is 6.55. The molecule has 0 bridgehead atoms. The third-order valence-corrected chi connectivity index (χ3v) is 2.98. The van der Waals surface area contributed by atoms with Gasteiger partial charge in [0.25, 0.3) is 0 Å². The Kier molecular flexibility index (Phi) is 3.60. The summed E-state index contributed by atoms with van der Waals surface area (Å²) in [4.78, 5) is 11.8. The molecule has 98 valence electrons. The number of carbonyl (C=O) groups is 1. The lowest BCUT2D eigenvalue weighted by Crippen LogP contribution is -2.29. The van der Waals surface area contributed by atoms with Gasteiger partial charge >= 0.3 is 5.97 Å². The van der Waals surface area contributed by atoms with Crippen LogP contribution in [0.4, 0.5) is 5.69 Å². The topological polar surface area (TPSA) is 38.3 Å². The van der Waals surface area contributed by atoms with Crippen molar-refractivity contribution >= 4 is 11.7 Å². The van der Waals surface area contributed by atoms with E-state index < -0.39 is 5.60 Å². The second-order valence-electron chi connectivity index (χ2n) is 5.90. The van der Waals surface area contributed by atoms with Gasteiger partial charge in [-0.3, -0.25) is 4.79 Å². The average molecular weight is 247 g/mol. The van der Waals surface area contributed by atoms with Crippen molar-refractivity contribution in [1.82, 2.24) is 0 Å². The highest BCUT2D eigenvalue weighted by Gasteiger charge is 2.23. The maximum atomic E-state index is 11.8. The van der Waals surface area contributed by atoms with E-state index in [0.29, 0.717) is 12.3 Å². The van der Waals surface area contributed by atoms with E-state index in [1.54, 1.807) is 0 Å². The number of para-hydroxylation sites is 1. The van der Waals surface area contributed by atoms with E-state index in [0.717, 1.165) is 13.0 Å². The van der Waals surface area contributed by atoms with Crippen LogP contribution in [0.2, 0.25) is 0 Å². The second kappa shape index (κ2) is 5.01. The molecule has 0 saturated heterocycles. The quantitative estimate of drug-likeness (QED) is 0.816. The fourth-order valence-electron chi connectivity index (χ4n) is 2.27. The van der Waals surface area contributed by atoms with Crippen LogP contribution < -0.4 is 5.32 Å². The first-order valence-corrected chi connectivity index (χ1v) is 6.48. The van der Waals surface area contributed by atoms with Crippen LogP contribution >= 0.6 is 0 Å². The lowest BCUT2D eigenvalue weighted by atomic mass is 9.91. The monoisotopic (exact) mass is 247 g/mol. The molecule has 0 radical (unpaired) electrons. The molecule has 1 aliphatic rings. The third kappa shape index (κ3) is 3.49. The summed E-state index contributed by atoms with van der Waals surface area (Å²) in [5.41, 5.74) is 2.09. The van der Waals surface area contributed by atoms with Crippen molar-refractivity contribution in [2.45, 2.75) is 39.2 Å². The normalized spacial score (nSPS) is 18.7. The van der Waals surface area contributed by atoms with Crippen LogP contribution in [0.15, 0.2) is 24.3 Å². The summed E-state index contributed by atoms with van der Waals surface area (Å²) < 4.78 is 5.36. The number of nitrogens with one attached hydrogen (secondary N) is 1. The van der Waals surface area contributed by atoms with Gasteiger partial charge in [0.2, 0.25) is 0 Å². The highest BCUT2D eigenvalue weighted by molar-refractivity contribution is 5.70. The van der Waals surface area contributed by atoms with Gasteiger partial charge in [-0.15, -0.1) is 0 Å². The summed E-state index contributed by atoms with van der Waals surface area (Å²) in [5.74, 6) is 0.225. The Labute approximate surface area is 109 Å². The van der Waals surface area contributed by atoms with Crippen LogP contribution in [0.3, 0.4) is 0 Å². The number of ether oxygens (including phenoxy) is 1. The number of hydrogen-bond donors (Lipinski definition) is 1. The molecule has 0 aliphatic carbocycles. The number of hydrogen-bond acceptors (Lipinski definition) is 3. The molecule has 1 unspecified atom stereocenters. The summed E-state index contributed by atoms with van der Waals surface area (Å²) in [7, 11) is 0. The summed E-state index contributed by atoms with van der Waals surface area (Å²) in [6, 6.07) is 8.26. The van der Waals surface area contributed by atoms with Crippen LogP contribution in [0, 0.1) is 5.92 Å². The standard InChI is InChI=1S/C15H21NO2/c1-15(2,3)18-14(17)9-11-8-12-6-4-5-7-13(12)16-10-11/h4-7,11,16H,8-10H2,1-3H3. The SMILES string of the molecule is CC(C)(C)OC(=O)CC1CNc2ccccc2C1. The number of esters is 1.